The predicted molar refractivity (Wildman–Crippen MR) is 133 cm³/mol. The van der Waals surface area contributed by atoms with Gasteiger partial charge in [0.2, 0.25) is 0 Å². The SMILES string of the molecule is CCNC(=NCCc1nc(C(C)(C)C)cs1)N1CCC(C)C(n2ccnc2)C1.I. The number of likely N-dealkylation sites (tertiary alicyclic amines) is 1. The summed E-state index contributed by atoms with van der Waals surface area (Å²) in [6.07, 6.45) is 7.93. The van der Waals surface area contributed by atoms with Crippen molar-refractivity contribution < 1.29 is 0 Å². The highest BCUT2D eigenvalue weighted by atomic mass is 127. The van der Waals surface area contributed by atoms with Crippen LogP contribution in [0.25, 0.3) is 0 Å². The van der Waals surface area contributed by atoms with E-state index in [0.29, 0.717) is 12.0 Å². The third-order valence-electron chi connectivity index (χ3n) is 5.37. The number of thiazole rings is 1. The van der Waals surface area contributed by atoms with E-state index in [2.05, 4.69) is 66.0 Å². The summed E-state index contributed by atoms with van der Waals surface area (Å²) in [7, 11) is 0. The Bertz CT molecular complexity index is 764. The average molecular weight is 531 g/mol. The van der Waals surface area contributed by atoms with E-state index in [1.165, 1.54) is 10.7 Å². The number of hydrogen-bond acceptors (Lipinski definition) is 4. The van der Waals surface area contributed by atoms with E-state index in [1.807, 2.05) is 12.5 Å². The number of nitrogens with zero attached hydrogens (tertiary/aromatic N) is 5. The van der Waals surface area contributed by atoms with Crippen molar-refractivity contribution in [2.45, 2.75) is 58.9 Å². The molecular weight excluding hydrogens is 495 g/mol. The lowest BCUT2D eigenvalue weighted by molar-refractivity contribution is 0.189. The molecule has 1 aliphatic rings. The smallest absolute Gasteiger partial charge is 0.193 e. The minimum absolute atomic E-state index is 0. The van der Waals surface area contributed by atoms with E-state index in [9.17, 15) is 0 Å². The molecule has 8 heteroatoms. The summed E-state index contributed by atoms with van der Waals surface area (Å²) in [5.74, 6) is 1.66. The van der Waals surface area contributed by atoms with Crippen molar-refractivity contribution in [1.82, 2.24) is 24.8 Å². The van der Waals surface area contributed by atoms with Gasteiger partial charge in [0.15, 0.2) is 5.96 Å². The molecule has 29 heavy (non-hydrogen) atoms. The second kappa shape index (κ2) is 10.7. The van der Waals surface area contributed by atoms with Crippen molar-refractivity contribution in [3.63, 3.8) is 0 Å². The van der Waals surface area contributed by atoms with Crippen LogP contribution in [-0.4, -0.2) is 51.6 Å². The maximum Gasteiger partial charge on any atom is 0.193 e. The molecule has 2 atom stereocenters. The van der Waals surface area contributed by atoms with E-state index in [4.69, 9.17) is 9.98 Å². The van der Waals surface area contributed by atoms with Gasteiger partial charge in [-0.05, 0) is 19.3 Å². The molecule has 0 amide bonds. The van der Waals surface area contributed by atoms with Gasteiger partial charge in [0.1, 0.15) is 0 Å². The quantitative estimate of drug-likeness (QED) is 0.355. The van der Waals surface area contributed by atoms with Gasteiger partial charge in [0, 0.05) is 55.8 Å². The number of guanidine groups is 1. The van der Waals surface area contributed by atoms with Crippen LogP contribution in [-0.2, 0) is 11.8 Å². The zero-order valence-corrected chi connectivity index (χ0v) is 21.4. The molecule has 0 saturated carbocycles. The molecule has 0 radical (unpaired) electrons. The molecule has 2 unspecified atom stereocenters. The van der Waals surface area contributed by atoms with Crippen LogP contribution >= 0.6 is 35.3 Å². The summed E-state index contributed by atoms with van der Waals surface area (Å²) in [4.78, 5) is 16.3. The van der Waals surface area contributed by atoms with Crippen molar-refractivity contribution in [2.24, 2.45) is 10.9 Å². The standard InChI is InChI=1S/C21H34N6S.HI/c1-6-23-20(24-9-7-19-25-18(14-28-19)21(3,4)5)26-11-8-16(2)17(13-26)27-12-10-22-15-27;/h10,12,14-17H,6-9,11,13H2,1-5H3,(H,23,24);1H. The summed E-state index contributed by atoms with van der Waals surface area (Å²) in [6, 6.07) is 0.438. The first-order chi connectivity index (χ1) is 13.4. The molecule has 3 rings (SSSR count). The van der Waals surface area contributed by atoms with Crippen LogP contribution in [0.4, 0.5) is 0 Å². The Morgan fingerprint density at radius 3 is 2.79 bits per heavy atom. The van der Waals surface area contributed by atoms with E-state index >= 15 is 0 Å². The Hall–Kier alpha value is -1.16. The third-order valence-corrected chi connectivity index (χ3v) is 6.28. The van der Waals surface area contributed by atoms with Gasteiger partial charge in [0.25, 0.3) is 0 Å². The number of imidazole rings is 1. The molecule has 0 aliphatic carbocycles. The highest BCUT2D eigenvalue weighted by Crippen LogP contribution is 2.27. The van der Waals surface area contributed by atoms with E-state index < -0.39 is 0 Å². The summed E-state index contributed by atoms with van der Waals surface area (Å²) in [6.45, 7) is 14.8. The number of piperidine rings is 1. The number of aromatic nitrogens is 3. The number of aliphatic imine (C=N–C) groups is 1. The summed E-state index contributed by atoms with van der Waals surface area (Å²) >= 11 is 1.75. The van der Waals surface area contributed by atoms with Gasteiger partial charge < -0.3 is 14.8 Å². The average Bonchev–Trinajstić information content (AvgIpc) is 3.33. The molecule has 6 nitrogen and oxygen atoms in total. The van der Waals surface area contributed by atoms with Crippen molar-refractivity contribution in [3.05, 3.63) is 34.8 Å². The van der Waals surface area contributed by atoms with Crippen LogP contribution in [0.2, 0.25) is 0 Å². The van der Waals surface area contributed by atoms with Crippen LogP contribution < -0.4 is 5.32 Å². The zero-order valence-electron chi connectivity index (χ0n) is 18.3. The van der Waals surface area contributed by atoms with Gasteiger partial charge in [0.05, 0.1) is 23.1 Å². The number of rotatable bonds is 5. The largest absolute Gasteiger partial charge is 0.357 e. The Labute approximate surface area is 196 Å². The Morgan fingerprint density at radius 1 is 1.38 bits per heavy atom. The lowest BCUT2D eigenvalue weighted by atomic mass is 9.93. The van der Waals surface area contributed by atoms with Crippen LogP contribution in [0.15, 0.2) is 29.1 Å². The molecule has 162 valence electrons. The Balaban J connectivity index is 0.00000300. The van der Waals surface area contributed by atoms with Gasteiger partial charge in [-0.1, -0.05) is 27.7 Å². The molecule has 1 aliphatic heterocycles. The van der Waals surface area contributed by atoms with E-state index in [-0.39, 0.29) is 29.4 Å². The molecule has 2 aromatic rings. The van der Waals surface area contributed by atoms with Gasteiger partial charge in [-0.2, -0.15) is 0 Å². The monoisotopic (exact) mass is 530 g/mol. The molecule has 1 fully saturated rings. The highest BCUT2D eigenvalue weighted by molar-refractivity contribution is 14.0. The first kappa shape index (κ1) is 24.1. The van der Waals surface area contributed by atoms with Crippen molar-refractivity contribution >= 4 is 41.3 Å². The summed E-state index contributed by atoms with van der Waals surface area (Å²) < 4.78 is 2.24. The minimum Gasteiger partial charge on any atom is -0.357 e. The van der Waals surface area contributed by atoms with Crippen LogP contribution in [0.5, 0.6) is 0 Å². The summed E-state index contributed by atoms with van der Waals surface area (Å²) in [5.41, 5.74) is 1.29. The van der Waals surface area contributed by atoms with E-state index in [0.717, 1.165) is 45.0 Å². The first-order valence-corrected chi connectivity index (χ1v) is 11.2. The first-order valence-electron chi connectivity index (χ1n) is 10.3. The van der Waals surface area contributed by atoms with Gasteiger partial charge in [-0.3, -0.25) is 4.99 Å². The third kappa shape index (κ3) is 6.41. The lowest BCUT2D eigenvalue weighted by Gasteiger charge is -2.39. The molecule has 3 heterocycles. The van der Waals surface area contributed by atoms with Crippen molar-refractivity contribution in [3.8, 4) is 0 Å². The van der Waals surface area contributed by atoms with Crippen LogP contribution in [0, 0.1) is 5.92 Å². The lowest BCUT2D eigenvalue weighted by Crippen LogP contribution is -2.49. The molecule has 1 N–H and O–H groups in total. The maximum absolute atomic E-state index is 4.92. The molecule has 0 bridgehead atoms. The minimum atomic E-state index is 0. The van der Waals surface area contributed by atoms with Crippen molar-refractivity contribution in [1.29, 1.82) is 0 Å². The van der Waals surface area contributed by atoms with Crippen molar-refractivity contribution in [2.75, 3.05) is 26.2 Å². The Morgan fingerprint density at radius 2 is 2.17 bits per heavy atom. The topological polar surface area (TPSA) is 58.3 Å². The van der Waals surface area contributed by atoms with Crippen LogP contribution in [0.1, 0.15) is 57.8 Å². The fourth-order valence-corrected chi connectivity index (χ4v) is 4.56. The number of nitrogens with one attached hydrogen (secondary N) is 1. The number of hydrogen-bond donors (Lipinski definition) is 1. The normalized spacial score (nSPS) is 20.4. The van der Waals surface area contributed by atoms with Gasteiger partial charge in [-0.25, -0.2) is 9.97 Å². The fourth-order valence-electron chi connectivity index (χ4n) is 3.55. The van der Waals surface area contributed by atoms with Crippen LogP contribution in [0.3, 0.4) is 0 Å². The molecular formula is C21H35IN6S. The summed E-state index contributed by atoms with van der Waals surface area (Å²) in [5, 5.41) is 6.84. The highest BCUT2D eigenvalue weighted by Gasteiger charge is 2.28. The molecule has 0 spiro atoms. The van der Waals surface area contributed by atoms with Gasteiger partial charge in [-0.15, -0.1) is 35.3 Å². The fraction of sp³-hybridized carbons (Fsp3) is 0.667. The van der Waals surface area contributed by atoms with E-state index in [1.54, 1.807) is 11.3 Å². The maximum atomic E-state index is 4.92. The molecule has 2 aromatic heterocycles. The second-order valence-electron chi connectivity index (χ2n) is 8.65. The predicted octanol–water partition coefficient (Wildman–Crippen LogP) is 4.35. The molecule has 0 aromatic carbocycles. The number of halogens is 1. The molecule has 1 saturated heterocycles. The van der Waals surface area contributed by atoms with Gasteiger partial charge >= 0.3 is 0 Å². The zero-order chi connectivity index (χ0) is 20.1. The second-order valence-corrected chi connectivity index (χ2v) is 9.59. The Kier molecular flexibility index (Phi) is 8.93.